The van der Waals surface area contributed by atoms with Gasteiger partial charge in [0.05, 0.1) is 11.0 Å². The highest BCUT2D eigenvalue weighted by Gasteiger charge is 2.22. The minimum Gasteiger partial charge on any atom is -0.456 e. The molecule has 77 heavy (non-hydrogen) atoms. The molecule has 7 nitrogen and oxygen atoms in total. The third-order valence-corrected chi connectivity index (χ3v) is 16.7. The number of para-hydroxylation sites is 4. The maximum Gasteiger partial charge on any atom is 0.165 e. The van der Waals surface area contributed by atoms with Crippen molar-refractivity contribution in [2.75, 3.05) is 0 Å². The van der Waals surface area contributed by atoms with Gasteiger partial charge in [-0.25, -0.2) is 15.0 Å². The predicted molar refractivity (Wildman–Crippen MR) is 316 cm³/mol. The first-order valence-electron chi connectivity index (χ1n) is 25.7. The Kier molecular flexibility index (Phi) is 8.87. The summed E-state index contributed by atoms with van der Waals surface area (Å²) in [6.45, 7) is 0. The van der Waals surface area contributed by atoms with E-state index in [1.165, 1.54) is 26.2 Å². The molecular weight excluding hydrogens is 965 g/mol. The molecule has 0 atom stereocenters. The molecule has 0 aliphatic rings. The van der Waals surface area contributed by atoms with Crippen molar-refractivity contribution in [1.82, 2.24) is 19.5 Å². The van der Waals surface area contributed by atoms with Crippen molar-refractivity contribution in [3.05, 3.63) is 231 Å². The Bertz CT molecular complexity index is 5310. The molecule has 0 fully saturated rings. The molecule has 0 spiro atoms. The van der Waals surface area contributed by atoms with Crippen LogP contribution in [0.1, 0.15) is 0 Å². The van der Waals surface area contributed by atoms with E-state index in [4.69, 9.17) is 28.2 Å². The van der Waals surface area contributed by atoms with Crippen molar-refractivity contribution in [3.8, 4) is 62.1 Å². The summed E-state index contributed by atoms with van der Waals surface area (Å²) in [5.41, 5.74) is 15.3. The molecule has 11 aromatic carbocycles. The first kappa shape index (κ1) is 42.2. The smallest absolute Gasteiger partial charge is 0.165 e. The van der Waals surface area contributed by atoms with Gasteiger partial charge < -0.3 is 17.8 Å². The summed E-state index contributed by atoms with van der Waals surface area (Å²) in [6, 6.07) is 81.0. The number of furan rings is 3. The maximum absolute atomic E-state index is 6.66. The third-order valence-electron chi connectivity index (χ3n) is 15.5. The maximum atomic E-state index is 6.66. The van der Waals surface area contributed by atoms with Crippen LogP contribution in [0.2, 0.25) is 0 Å². The molecule has 0 aliphatic carbocycles. The van der Waals surface area contributed by atoms with Crippen LogP contribution in [0.15, 0.2) is 244 Å². The van der Waals surface area contributed by atoms with E-state index >= 15 is 0 Å². The molecule has 358 valence electrons. The fourth-order valence-electron chi connectivity index (χ4n) is 11.9. The monoisotopic (exact) mass is 1000 g/mol. The lowest BCUT2D eigenvalue weighted by Crippen LogP contribution is -2.00. The molecule has 0 saturated carbocycles. The van der Waals surface area contributed by atoms with Crippen LogP contribution in [-0.2, 0) is 0 Å². The lowest BCUT2D eigenvalue weighted by atomic mass is 9.99. The van der Waals surface area contributed by atoms with Crippen molar-refractivity contribution in [2.24, 2.45) is 0 Å². The quantitative estimate of drug-likeness (QED) is 0.165. The van der Waals surface area contributed by atoms with Gasteiger partial charge in [-0.1, -0.05) is 146 Å². The van der Waals surface area contributed by atoms with Crippen LogP contribution >= 0.6 is 11.3 Å². The van der Waals surface area contributed by atoms with Gasteiger partial charge in [0, 0.05) is 91.2 Å². The van der Waals surface area contributed by atoms with E-state index < -0.39 is 0 Å². The standard InChI is InChI=1S/C69H38N4O3S/c1-5-21-56-45(12-1)54-36-40(29-34-57(54)73(56)43-31-26-39(27-32-43)44-16-9-17-50-47-14-3-7-23-59(47)76-65(44)50)41-30-35-60-55(37-41)64-52(19-11-24-61(64)74-60)68-70-67(42-28-33-48-46-13-2-6-22-58(46)75-62(48)38-42)71-69(72-68)53-20-10-18-51-49-15-4-8-25-63(49)77-66(51)53/h1-38H. The molecule has 0 radical (unpaired) electrons. The number of rotatable bonds is 6. The van der Waals surface area contributed by atoms with Gasteiger partial charge in [-0.2, -0.15) is 0 Å². The SMILES string of the molecule is c1ccc2c(c1)oc1cc(-c3nc(-c4cccc5c4sc4ccccc45)nc(-c4cccc5oc6ccc(-c7ccc8c(c7)c7ccccc7n8-c7ccc(-c8cccc9c8oc8ccccc89)cc7)cc6c45)n3)ccc12. The highest BCUT2D eigenvalue weighted by Crippen LogP contribution is 2.44. The predicted octanol–water partition coefficient (Wildman–Crippen LogP) is 19.4. The lowest BCUT2D eigenvalue weighted by molar-refractivity contribution is 0.668. The van der Waals surface area contributed by atoms with Gasteiger partial charge in [0.25, 0.3) is 0 Å². The number of aromatic nitrogens is 4. The molecule has 17 aromatic rings. The number of fused-ring (bicyclic) bond motifs is 15. The average molecular weight is 1000 g/mol. The van der Waals surface area contributed by atoms with Gasteiger partial charge >= 0.3 is 0 Å². The van der Waals surface area contributed by atoms with Gasteiger partial charge in [0.15, 0.2) is 17.5 Å². The normalized spacial score (nSPS) is 12.2. The van der Waals surface area contributed by atoms with E-state index in [9.17, 15) is 0 Å². The largest absolute Gasteiger partial charge is 0.456 e. The second kappa shape index (κ2) is 16.2. The van der Waals surface area contributed by atoms with Crippen molar-refractivity contribution in [1.29, 1.82) is 0 Å². The number of hydrogen-bond acceptors (Lipinski definition) is 7. The number of benzene rings is 11. The molecule has 0 saturated heterocycles. The third kappa shape index (κ3) is 6.40. The van der Waals surface area contributed by atoms with Crippen LogP contribution < -0.4 is 0 Å². The van der Waals surface area contributed by atoms with E-state index in [0.29, 0.717) is 17.5 Å². The van der Waals surface area contributed by atoms with Gasteiger partial charge in [-0.3, -0.25) is 0 Å². The summed E-state index contributed by atoms with van der Waals surface area (Å²) in [5, 5.41) is 11.0. The Morgan fingerprint density at radius 2 is 0.870 bits per heavy atom. The molecule has 0 unspecified atom stereocenters. The first-order chi connectivity index (χ1) is 38.1. The number of thiophene rings is 1. The summed E-state index contributed by atoms with van der Waals surface area (Å²) < 4.78 is 24.2. The average Bonchev–Trinajstić information content (AvgIpc) is 4.37. The molecule has 0 N–H and O–H groups in total. The second-order valence-electron chi connectivity index (χ2n) is 19.8. The van der Waals surface area contributed by atoms with Crippen LogP contribution in [0.5, 0.6) is 0 Å². The zero-order valence-corrected chi connectivity index (χ0v) is 41.7. The van der Waals surface area contributed by atoms with Crippen LogP contribution in [-0.4, -0.2) is 19.5 Å². The highest BCUT2D eigenvalue weighted by atomic mass is 32.1. The number of hydrogen-bond donors (Lipinski definition) is 0. The fourth-order valence-corrected chi connectivity index (χ4v) is 13.1. The van der Waals surface area contributed by atoms with Crippen molar-refractivity contribution in [3.63, 3.8) is 0 Å². The molecule has 0 bridgehead atoms. The van der Waals surface area contributed by atoms with E-state index in [2.05, 4.69) is 187 Å². The van der Waals surface area contributed by atoms with Crippen LogP contribution in [0, 0.1) is 0 Å². The molecule has 8 heteroatoms. The highest BCUT2D eigenvalue weighted by molar-refractivity contribution is 7.26. The fraction of sp³-hybridized carbons (Fsp3) is 0. The zero-order chi connectivity index (χ0) is 50.3. The van der Waals surface area contributed by atoms with Crippen molar-refractivity contribution < 1.29 is 13.3 Å². The van der Waals surface area contributed by atoms with Crippen LogP contribution in [0.3, 0.4) is 0 Å². The summed E-state index contributed by atoms with van der Waals surface area (Å²) in [4.78, 5) is 16.0. The Balaban J connectivity index is 0.800. The van der Waals surface area contributed by atoms with Crippen LogP contribution in [0.4, 0.5) is 0 Å². The number of nitrogens with zero attached hydrogens (tertiary/aromatic N) is 4. The van der Waals surface area contributed by atoms with Crippen molar-refractivity contribution >= 4 is 119 Å². The van der Waals surface area contributed by atoms with Gasteiger partial charge in [-0.05, 0) is 102 Å². The molecule has 0 amide bonds. The van der Waals surface area contributed by atoms with E-state index in [0.717, 1.165) is 126 Å². The van der Waals surface area contributed by atoms with Gasteiger partial charge in [-0.15, -0.1) is 11.3 Å². The van der Waals surface area contributed by atoms with E-state index in [1.54, 1.807) is 11.3 Å². The minimum absolute atomic E-state index is 0.555. The molecule has 6 heterocycles. The van der Waals surface area contributed by atoms with Crippen molar-refractivity contribution in [2.45, 2.75) is 0 Å². The summed E-state index contributed by atoms with van der Waals surface area (Å²) in [7, 11) is 0. The summed E-state index contributed by atoms with van der Waals surface area (Å²) in [6.07, 6.45) is 0. The Morgan fingerprint density at radius 1 is 0.312 bits per heavy atom. The molecular formula is C69H38N4O3S. The van der Waals surface area contributed by atoms with E-state index in [-0.39, 0.29) is 0 Å². The molecule has 17 rings (SSSR count). The Hall–Kier alpha value is -10.2. The topological polar surface area (TPSA) is 83.0 Å². The zero-order valence-electron chi connectivity index (χ0n) is 40.9. The molecule has 6 aromatic heterocycles. The minimum atomic E-state index is 0.555. The van der Waals surface area contributed by atoms with Gasteiger partial charge in [0.2, 0.25) is 0 Å². The Labute approximate surface area is 442 Å². The van der Waals surface area contributed by atoms with E-state index in [1.807, 2.05) is 48.5 Å². The second-order valence-corrected chi connectivity index (χ2v) is 20.9. The van der Waals surface area contributed by atoms with Crippen LogP contribution in [0.25, 0.3) is 170 Å². The Morgan fingerprint density at radius 3 is 1.73 bits per heavy atom. The molecule has 0 aliphatic heterocycles. The first-order valence-corrected chi connectivity index (χ1v) is 26.5. The van der Waals surface area contributed by atoms with Gasteiger partial charge in [0.1, 0.15) is 33.5 Å². The summed E-state index contributed by atoms with van der Waals surface area (Å²) >= 11 is 1.76. The lowest BCUT2D eigenvalue weighted by Gasteiger charge is -2.10. The summed E-state index contributed by atoms with van der Waals surface area (Å²) in [5.74, 6) is 1.71.